The summed E-state index contributed by atoms with van der Waals surface area (Å²) in [6.07, 6.45) is 39.3. The lowest BCUT2D eigenvalue weighted by atomic mass is 9.99. The molecule has 0 saturated carbocycles. The SMILES string of the molecule is CCCCC/C=C/CC/C=C/CC/C=C/C(O)C(COC1OC(CO)C(O)C(O)C1O)NC(=O)CCCCCCCCCCCCCOC(=O)CCCCCCCCCCCCC. The number of unbranched alkanes of at least 4 members (excludes halogenated alkanes) is 25. The first-order valence-electron chi connectivity index (χ1n) is 25.8. The first kappa shape index (κ1) is 58.9. The maximum Gasteiger partial charge on any atom is 0.305 e. The van der Waals surface area contributed by atoms with E-state index in [0.29, 0.717) is 25.9 Å². The van der Waals surface area contributed by atoms with Gasteiger partial charge in [0, 0.05) is 12.8 Å². The van der Waals surface area contributed by atoms with E-state index in [2.05, 4.69) is 43.5 Å². The Balaban J connectivity index is 2.24. The van der Waals surface area contributed by atoms with Crippen LogP contribution < -0.4 is 5.32 Å². The van der Waals surface area contributed by atoms with Crippen LogP contribution >= 0.6 is 0 Å². The van der Waals surface area contributed by atoms with E-state index in [-0.39, 0.29) is 18.5 Å². The molecule has 368 valence electrons. The molecule has 0 aromatic rings. The van der Waals surface area contributed by atoms with E-state index in [1.54, 1.807) is 6.08 Å². The van der Waals surface area contributed by atoms with Gasteiger partial charge < -0.3 is 45.1 Å². The van der Waals surface area contributed by atoms with Crippen LogP contribution in [0, 0.1) is 0 Å². The molecule has 11 heteroatoms. The van der Waals surface area contributed by atoms with Gasteiger partial charge >= 0.3 is 5.97 Å². The standard InChI is InChI=1S/C52H95NO10/c1-3-5-7-9-11-13-15-16-19-22-26-30-34-38-45(55)44(43-62-52-51(60)50(59)49(58)46(42-54)63-52)53-47(56)39-35-31-27-23-20-17-21-25-29-33-37-41-61-48(57)40-36-32-28-24-18-14-12-10-8-6-4-2/h11,13,19,22,34,38,44-46,49-52,54-55,58-60H,3-10,12,14-18,20-21,23-33,35-37,39-43H2,1-2H3,(H,53,56)/b13-11+,22-19+,38-34+. The third-order valence-electron chi connectivity index (χ3n) is 12.0. The van der Waals surface area contributed by atoms with E-state index in [1.807, 2.05) is 6.08 Å². The summed E-state index contributed by atoms with van der Waals surface area (Å²) in [5.41, 5.74) is 0. The number of ether oxygens (including phenoxy) is 3. The van der Waals surface area contributed by atoms with Crippen molar-refractivity contribution in [2.45, 2.75) is 262 Å². The van der Waals surface area contributed by atoms with E-state index in [1.165, 1.54) is 109 Å². The summed E-state index contributed by atoms with van der Waals surface area (Å²) in [4.78, 5) is 25.0. The van der Waals surface area contributed by atoms with Gasteiger partial charge in [-0.05, 0) is 57.8 Å². The number of carbonyl (C=O) groups excluding carboxylic acids is 2. The number of amides is 1. The van der Waals surface area contributed by atoms with Gasteiger partial charge in [-0.15, -0.1) is 0 Å². The lowest BCUT2D eigenvalue weighted by molar-refractivity contribution is -0.302. The number of hydrogen-bond donors (Lipinski definition) is 6. The molecule has 63 heavy (non-hydrogen) atoms. The molecule has 0 aromatic heterocycles. The predicted octanol–water partition coefficient (Wildman–Crippen LogP) is 10.4. The van der Waals surface area contributed by atoms with Gasteiger partial charge in [-0.2, -0.15) is 0 Å². The van der Waals surface area contributed by atoms with Gasteiger partial charge in [0.15, 0.2) is 6.29 Å². The number of aliphatic hydroxyl groups is 5. The number of rotatable bonds is 43. The lowest BCUT2D eigenvalue weighted by Gasteiger charge is -2.40. The molecule has 1 aliphatic rings. The maximum absolute atomic E-state index is 13.0. The van der Waals surface area contributed by atoms with Gasteiger partial charge in [-0.25, -0.2) is 0 Å². The highest BCUT2D eigenvalue weighted by molar-refractivity contribution is 5.76. The highest BCUT2D eigenvalue weighted by Crippen LogP contribution is 2.23. The van der Waals surface area contributed by atoms with Crippen LogP contribution in [-0.2, 0) is 23.8 Å². The third-order valence-corrected chi connectivity index (χ3v) is 12.0. The van der Waals surface area contributed by atoms with Crippen LogP contribution in [0.3, 0.4) is 0 Å². The van der Waals surface area contributed by atoms with Gasteiger partial charge in [-0.3, -0.25) is 9.59 Å². The highest BCUT2D eigenvalue weighted by atomic mass is 16.7. The molecule has 1 rings (SSSR count). The van der Waals surface area contributed by atoms with E-state index in [4.69, 9.17) is 14.2 Å². The van der Waals surface area contributed by atoms with E-state index in [0.717, 1.165) is 77.0 Å². The first-order chi connectivity index (χ1) is 30.7. The molecule has 7 unspecified atom stereocenters. The number of nitrogens with one attached hydrogen (secondary N) is 1. The normalized spacial score (nSPS) is 20.3. The lowest BCUT2D eigenvalue weighted by Crippen LogP contribution is -2.60. The van der Waals surface area contributed by atoms with E-state index < -0.39 is 49.5 Å². The minimum atomic E-state index is -1.59. The largest absolute Gasteiger partial charge is 0.466 e. The van der Waals surface area contributed by atoms with Crippen molar-refractivity contribution in [1.82, 2.24) is 5.32 Å². The van der Waals surface area contributed by atoms with Crippen molar-refractivity contribution in [3.8, 4) is 0 Å². The molecule has 0 aliphatic carbocycles. The second-order valence-electron chi connectivity index (χ2n) is 17.9. The number of esters is 1. The number of carbonyl (C=O) groups is 2. The van der Waals surface area contributed by atoms with Crippen molar-refractivity contribution in [2.75, 3.05) is 19.8 Å². The predicted molar refractivity (Wildman–Crippen MR) is 255 cm³/mol. The van der Waals surface area contributed by atoms with Crippen molar-refractivity contribution in [1.29, 1.82) is 0 Å². The molecule has 1 saturated heterocycles. The Morgan fingerprint density at radius 3 is 1.57 bits per heavy atom. The van der Waals surface area contributed by atoms with Crippen molar-refractivity contribution >= 4 is 11.9 Å². The Morgan fingerprint density at radius 1 is 0.571 bits per heavy atom. The zero-order chi connectivity index (χ0) is 46.0. The van der Waals surface area contributed by atoms with Gasteiger partial charge in [0.05, 0.1) is 32.0 Å². The van der Waals surface area contributed by atoms with Gasteiger partial charge in [0.2, 0.25) is 5.91 Å². The molecule has 1 heterocycles. The third kappa shape index (κ3) is 33.1. The Kier molecular flexibility index (Phi) is 39.7. The maximum atomic E-state index is 13.0. The summed E-state index contributed by atoms with van der Waals surface area (Å²) in [7, 11) is 0. The zero-order valence-electron chi connectivity index (χ0n) is 40.0. The van der Waals surface area contributed by atoms with Crippen LogP contribution in [0.5, 0.6) is 0 Å². The highest BCUT2D eigenvalue weighted by Gasteiger charge is 2.44. The minimum Gasteiger partial charge on any atom is -0.466 e. The average molecular weight is 894 g/mol. The second-order valence-corrected chi connectivity index (χ2v) is 17.9. The van der Waals surface area contributed by atoms with Crippen molar-refractivity contribution < 1.29 is 49.3 Å². The zero-order valence-corrected chi connectivity index (χ0v) is 40.0. The van der Waals surface area contributed by atoms with Crippen LogP contribution in [0.25, 0.3) is 0 Å². The van der Waals surface area contributed by atoms with Crippen LogP contribution in [0.2, 0.25) is 0 Å². The fraction of sp³-hybridized carbons (Fsp3) is 0.846. The van der Waals surface area contributed by atoms with Crippen molar-refractivity contribution in [3.63, 3.8) is 0 Å². The molecule has 0 radical (unpaired) electrons. The topological polar surface area (TPSA) is 175 Å². The van der Waals surface area contributed by atoms with Crippen molar-refractivity contribution in [3.05, 3.63) is 36.5 Å². The molecular weight excluding hydrogens is 799 g/mol. The first-order valence-corrected chi connectivity index (χ1v) is 25.8. The molecule has 11 nitrogen and oxygen atoms in total. The molecule has 0 spiro atoms. The second kappa shape index (κ2) is 42.5. The van der Waals surface area contributed by atoms with Crippen molar-refractivity contribution in [2.24, 2.45) is 0 Å². The fourth-order valence-corrected chi connectivity index (χ4v) is 7.82. The number of allylic oxidation sites excluding steroid dienone is 5. The fourth-order valence-electron chi connectivity index (χ4n) is 7.82. The number of aliphatic hydroxyl groups excluding tert-OH is 5. The van der Waals surface area contributed by atoms with Crippen LogP contribution in [0.15, 0.2) is 36.5 Å². The summed E-state index contributed by atoms with van der Waals surface area (Å²) >= 11 is 0. The molecule has 1 aliphatic heterocycles. The Hall–Kier alpha value is -2.12. The molecule has 0 bridgehead atoms. The molecular formula is C52H95NO10. The summed E-state index contributed by atoms with van der Waals surface area (Å²) in [6.45, 7) is 4.20. The monoisotopic (exact) mass is 894 g/mol. The molecule has 6 N–H and O–H groups in total. The van der Waals surface area contributed by atoms with Gasteiger partial charge in [-0.1, -0.05) is 185 Å². The minimum absolute atomic E-state index is 0.0426. The van der Waals surface area contributed by atoms with Gasteiger partial charge in [0.25, 0.3) is 0 Å². The van der Waals surface area contributed by atoms with Crippen LogP contribution in [0.1, 0.15) is 219 Å². The van der Waals surface area contributed by atoms with E-state index in [9.17, 15) is 35.1 Å². The summed E-state index contributed by atoms with van der Waals surface area (Å²) in [5, 5.41) is 54.2. The Labute approximate surface area is 383 Å². The van der Waals surface area contributed by atoms with Crippen LogP contribution in [0.4, 0.5) is 0 Å². The molecule has 1 fully saturated rings. The quantitative estimate of drug-likeness (QED) is 0.0196. The molecule has 1 amide bonds. The summed E-state index contributed by atoms with van der Waals surface area (Å²) in [5.74, 6) is -0.259. The summed E-state index contributed by atoms with van der Waals surface area (Å²) in [6, 6.07) is -0.847. The van der Waals surface area contributed by atoms with E-state index >= 15 is 0 Å². The molecule has 0 aromatic carbocycles. The summed E-state index contributed by atoms with van der Waals surface area (Å²) < 4.78 is 16.6. The Morgan fingerprint density at radius 2 is 1.03 bits per heavy atom. The molecule has 7 atom stereocenters. The Bertz CT molecular complexity index is 1150. The van der Waals surface area contributed by atoms with Crippen LogP contribution in [-0.4, -0.2) is 100 Å². The average Bonchev–Trinajstić information content (AvgIpc) is 3.28. The van der Waals surface area contributed by atoms with Gasteiger partial charge in [0.1, 0.15) is 24.4 Å². The smallest absolute Gasteiger partial charge is 0.305 e. The number of hydrogen-bond acceptors (Lipinski definition) is 10.